The van der Waals surface area contributed by atoms with E-state index in [-0.39, 0.29) is 5.82 Å². The molecule has 0 bridgehead atoms. The lowest BCUT2D eigenvalue weighted by Gasteiger charge is -2.13. The lowest BCUT2D eigenvalue weighted by molar-refractivity contribution is 0.534. The van der Waals surface area contributed by atoms with Crippen LogP contribution in [0.4, 0.5) is 4.39 Å². The Kier molecular flexibility index (Phi) is 3.68. The zero-order chi connectivity index (χ0) is 15.0. The first-order chi connectivity index (χ1) is 10.1. The van der Waals surface area contributed by atoms with Crippen molar-refractivity contribution in [3.63, 3.8) is 0 Å². The zero-order valence-electron chi connectivity index (χ0n) is 12.0. The summed E-state index contributed by atoms with van der Waals surface area (Å²) in [6.07, 6.45) is 0. The third-order valence-corrected chi connectivity index (χ3v) is 3.70. The molecule has 1 heterocycles. The molecule has 0 radical (unpaired) electrons. The molecule has 0 spiro atoms. The maximum Gasteiger partial charge on any atom is 0.145 e. The number of benzene rings is 2. The van der Waals surface area contributed by atoms with Crippen LogP contribution >= 0.6 is 11.6 Å². The van der Waals surface area contributed by atoms with E-state index < -0.39 is 0 Å². The van der Waals surface area contributed by atoms with Crippen LogP contribution in [0.1, 0.15) is 13.8 Å². The number of hydrogen-bond donors (Lipinski definition) is 0. The first kappa shape index (κ1) is 14.1. The highest BCUT2D eigenvalue weighted by molar-refractivity contribution is 6.33. The summed E-state index contributed by atoms with van der Waals surface area (Å²) >= 11 is 6.21. The van der Waals surface area contributed by atoms with Gasteiger partial charge in [-0.3, -0.25) is 0 Å². The number of aromatic nitrogens is 2. The second-order valence-corrected chi connectivity index (χ2v) is 5.93. The molecule has 3 rings (SSSR count). The van der Waals surface area contributed by atoms with Crippen LogP contribution in [-0.4, -0.2) is 9.55 Å². The van der Waals surface area contributed by atoms with E-state index in [4.69, 9.17) is 11.6 Å². The molecule has 2 aromatic carbocycles. The fourth-order valence-electron chi connectivity index (χ4n) is 2.53. The first-order valence-corrected chi connectivity index (χ1v) is 7.35. The Morgan fingerprint density at radius 2 is 1.90 bits per heavy atom. The summed E-state index contributed by atoms with van der Waals surface area (Å²) in [5.74, 6) is 0.669. The molecule has 2 nitrogen and oxygen atoms in total. The third kappa shape index (κ3) is 2.54. The molecule has 4 heteroatoms. The maximum atomic E-state index is 14.2. The van der Waals surface area contributed by atoms with Crippen molar-refractivity contribution in [2.45, 2.75) is 20.4 Å². The van der Waals surface area contributed by atoms with Crippen molar-refractivity contribution in [1.82, 2.24) is 9.55 Å². The van der Waals surface area contributed by atoms with Gasteiger partial charge in [-0.05, 0) is 30.2 Å². The van der Waals surface area contributed by atoms with Crippen LogP contribution < -0.4 is 0 Å². The monoisotopic (exact) mass is 302 g/mol. The van der Waals surface area contributed by atoms with Gasteiger partial charge in [-0.15, -0.1) is 0 Å². The maximum absolute atomic E-state index is 14.2. The molecule has 1 aromatic heterocycles. The van der Waals surface area contributed by atoms with E-state index in [1.54, 1.807) is 12.1 Å². The van der Waals surface area contributed by atoms with Crippen LogP contribution in [0.3, 0.4) is 0 Å². The average Bonchev–Trinajstić information content (AvgIpc) is 2.77. The van der Waals surface area contributed by atoms with Gasteiger partial charge in [0.25, 0.3) is 0 Å². The zero-order valence-corrected chi connectivity index (χ0v) is 12.7. The van der Waals surface area contributed by atoms with Gasteiger partial charge in [-0.1, -0.05) is 43.6 Å². The smallest absolute Gasteiger partial charge is 0.145 e. The van der Waals surface area contributed by atoms with Crippen LogP contribution in [0.25, 0.3) is 22.4 Å². The minimum absolute atomic E-state index is 0.345. The summed E-state index contributed by atoms with van der Waals surface area (Å²) < 4.78 is 16.3. The molecule has 0 fully saturated rings. The highest BCUT2D eigenvalue weighted by Crippen LogP contribution is 2.32. The first-order valence-electron chi connectivity index (χ1n) is 6.97. The summed E-state index contributed by atoms with van der Waals surface area (Å²) in [6.45, 7) is 5.02. The van der Waals surface area contributed by atoms with E-state index in [0.29, 0.717) is 22.3 Å². The number of hydrogen-bond acceptors (Lipinski definition) is 1. The second-order valence-electron chi connectivity index (χ2n) is 5.53. The van der Waals surface area contributed by atoms with Crippen LogP contribution in [0.15, 0.2) is 42.5 Å². The number of halogens is 2. The molecule has 0 aliphatic rings. The summed E-state index contributed by atoms with van der Waals surface area (Å²) in [5.41, 5.74) is 2.23. The normalized spacial score (nSPS) is 11.5. The van der Waals surface area contributed by atoms with Gasteiger partial charge < -0.3 is 4.57 Å². The molecular weight excluding hydrogens is 287 g/mol. The Labute approximate surface area is 128 Å². The molecule has 0 saturated heterocycles. The molecule has 0 N–H and O–H groups in total. The van der Waals surface area contributed by atoms with E-state index in [9.17, 15) is 4.39 Å². The van der Waals surface area contributed by atoms with Gasteiger partial charge in [0.1, 0.15) is 11.6 Å². The Balaban J connectivity index is 2.31. The van der Waals surface area contributed by atoms with E-state index in [1.165, 1.54) is 6.07 Å². The Morgan fingerprint density at radius 1 is 1.14 bits per heavy atom. The predicted molar refractivity (Wildman–Crippen MR) is 85.0 cm³/mol. The van der Waals surface area contributed by atoms with Gasteiger partial charge in [0, 0.05) is 6.54 Å². The minimum atomic E-state index is -0.345. The van der Waals surface area contributed by atoms with Gasteiger partial charge in [0.2, 0.25) is 0 Å². The Hall–Kier alpha value is -1.87. The molecule has 0 unspecified atom stereocenters. The highest BCUT2D eigenvalue weighted by atomic mass is 35.5. The predicted octanol–water partition coefficient (Wildman–Crippen LogP) is 5.15. The quantitative estimate of drug-likeness (QED) is 0.654. The van der Waals surface area contributed by atoms with E-state index in [0.717, 1.165) is 17.6 Å². The molecule has 0 amide bonds. The van der Waals surface area contributed by atoms with E-state index in [2.05, 4.69) is 18.8 Å². The third-order valence-electron chi connectivity index (χ3n) is 3.39. The topological polar surface area (TPSA) is 17.8 Å². The second kappa shape index (κ2) is 5.49. The summed E-state index contributed by atoms with van der Waals surface area (Å²) in [4.78, 5) is 4.60. The molecule has 0 saturated carbocycles. The lowest BCUT2D eigenvalue weighted by Crippen LogP contribution is -2.07. The summed E-state index contributed by atoms with van der Waals surface area (Å²) in [5, 5.41) is 0.385. The number of rotatable bonds is 3. The number of fused-ring (bicyclic) bond motifs is 1. The van der Waals surface area contributed by atoms with Crippen molar-refractivity contribution in [2.75, 3.05) is 0 Å². The Bertz CT molecular complexity index is 772. The van der Waals surface area contributed by atoms with Gasteiger partial charge in [0.15, 0.2) is 0 Å². The van der Waals surface area contributed by atoms with Crippen LogP contribution in [0.5, 0.6) is 0 Å². The van der Waals surface area contributed by atoms with Crippen molar-refractivity contribution in [2.24, 2.45) is 5.92 Å². The number of nitrogens with zero attached hydrogens (tertiary/aromatic N) is 2. The molecule has 108 valence electrons. The van der Waals surface area contributed by atoms with Gasteiger partial charge in [-0.25, -0.2) is 9.37 Å². The summed E-state index contributed by atoms with van der Waals surface area (Å²) in [7, 11) is 0. The number of para-hydroxylation sites is 2. The van der Waals surface area contributed by atoms with Gasteiger partial charge in [0.05, 0.1) is 21.6 Å². The van der Waals surface area contributed by atoms with Crippen LogP contribution in [0, 0.1) is 11.7 Å². The minimum Gasteiger partial charge on any atom is -0.324 e. The van der Waals surface area contributed by atoms with Gasteiger partial charge >= 0.3 is 0 Å². The highest BCUT2D eigenvalue weighted by Gasteiger charge is 2.18. The average molecular weight is 303 g/mol. The van der Waals surface area contributed by atoms with Crippen molar-refractivity contribution < 1.29 is 4.39 Å². The summed E-state index contributed by atoms with van der Waals surface area (Å²) in [6, 6.07) is 12.6. The standard InChI is InChI=1S/C17H16ClFN2/c1-11(2)10-21-15-9-4-3-8-14(15)20-17(21)16-12(18)6-5-7-13(16)19/h3-9,11H,10H2,1-2H3. The van der Waals surface area contributed by atoms with Crippen LogP contribution in [-0.2, 0) is 6.54 Å². The van der Waals surface area contributed by atoms with E-state index in [1.807, 2.05) is 28.8 Å². The molecule has 0 aliphatic carbocycles. The fraction of sp³-hybridized carbons (Fsp3) is 0.235. The number of imidazole rings is 1. The van der Waals surface area contributed by atoms with Crippen molar-refractivity contribution in [3.8, 4) is 11.4 Å². The Morgan fingerprint density at radius 3 is 2.62 bits per heavy atom. The SMILES string of the molecule is CC(C)Cn1c(-c2c(F)cccc2Cl)nc2ccccc21. The molecule has 21 heavy (non-hydrogen) atoms. The fourth-order valence-corrected chi connectivity index (χ4v) is 2.78. The van der Waals surface area contributed by atoms with Crippen LogP contribution in [0.2, 0.25) is 5.02 Å². The van der Waals surface area contributed by atoms with Crippen molar-refractivity contribution >= 4 is 22.6 Å². The van der Waals surface area contributed by atoms with Crippen molar-refractivity contribution in [1.29, 1.82) is 0 Å². The molecular formula is C17H16ClFN2. The lowest BCUT2D eigenvalue weighted by atomic mass is 10.1. The van der Waals surface area contributed by atoms with Gasteiger partial charge in [-0.2, -0.15) is 0 Å². The largest absolute Gasteiger partial charge is 0.324 e. The molecule has 3 aromatic rings. The van der Waals surface area contributed by atoms with E-state index >= 15 is 0 Å². The molecule has 0 atom stereocenters. The molecule has 0 aliphatic heterocycles. The van der Waals surface area contributed by atoms with Crippen molar-refractivity contribution in [3.05, 3.63) is 53.3 Å².